The molecule has 1 N–H and O–H groups in total. The normalized spacial score (nSPS) is 15.1. The zero-order valence-corrected chi connectivity index (χ0v) is 17.4. The molecular formula is C21H22N4O4S. The molecule has 1 amide bonds. The van der Waals surface area contributed by atoms with Crippen LogP contribution in [0.1, 0.15) is 29.1 Å². The number of likely N-dealkylation sites (tertiary alicyclic amines) is 1. The largest absolute Gasteiger partial charge is 0.465 e. The molecule has 3 aromatic rings. The maximum Gasteiger partial charge on any atom is 0.337 e. The Balaban J connectivity index is 1.26. The number of methoxy groups -OCH3 is 1. The van der Waals surface area contributed by atoms with E-state index in [1.54, 1.807) is 35.6 Å². The molecule has 0 aliphatic carbocycles. The van der Waals surface area contributed by atoms with Crippen LogP contribution in [0.4, 0.5) is 5.69 Å². The Morgan fingerprint density at radius 3 is 2.67 bits per heavy atom. The second-order valence-electron chi connectivity index (χ2n) is 7.10. The van der Waals surface area contributed by atoms with Crippen molar-refractivity contribution in [2.45, 2.75) is 19.4 Å². The number of benzene rings is 1. The number of thiophene rings is 1. The van der Waals surface area contributed by atoms with Gasteiger partial charge in [0.1, 0.15) is 0 Å². The van der Waals surface area contributed by atoms with Crippen molar-refractivity contribution in [1.82, 2.24) is 15.0 Å². The zero-order chi connectivity index (χ0) is 20.9. The van der Waals surface area contributed by atoms with Crippen LogP contribution in [-0.4, -0.2) is 47.1 Å². The van der Waals surface area contributed by atoms with E-state index in [1.807, 2.05) is 17.5 Å². The van der Waals surface area contributed by atoms with Crippen LogP contribution >= 0.6 is 11.3 Å². The molecule has 156 valence electrons. The summed E-state index contributed by atoms with van der Waals surface area (Å²) in [7, 11) is 1.34. The van der Waals surface area contributed by atoms with Gasteiger partial charge in [0, 0.05) is 11.6 Å². The molecule has 8 nitrogen and oxygen atoms in total. The Kier molecular flexibility index (Phi) is 6.20. The summed E-state index contributed by atoms with van der Waals surface area (Å²) < 4.78 is 10.1. The lowest BCUT2D eigenvalue weighted by molar-refractivity contribution is -0.121. The number of piperidine rings is 1. The van der Waals surface area contributed by atoms with Crippen molar-refractivity contribution in [2.75, 3.05) is 25.5 Å². The van der Waals surface area contributed by atoms with Crippen LogP contribution in [0.25, 0.3) is 10.7 Å². The summed E-state index contributed by atoms with van der Waals surface area (Å²) in [6, 6.07) is 10.6. The number of esters is 1. The minimum Gasteiger partial charge on any atom is -0.465 e. The number of ether oxygens (including phenoxy) is 1. The summed E-state index contributed by atoms with van der Waals surface area (Å²) in [4.78, 5) is 31.7. The molecule has 0 atom stereocenters. The monoisotopic (exact) mass is 426 g/mol. The number of nitrogens with one attached hydrogen (secondary N) is 1. The molecule has 1 aromatic carbocycles. The molecule has 0 radical (unpaired) electrons. The van der Waals surface area contributed by atoms with Gasteiger partial charge < -0.3 is 14.6 Å². The van der Waals surface area contributed by atoms with E-state index in [-0.39, 0.29) is 11.8 Å². The summed E-state index contributed by atoms with van der Waals surface area (Å²) in [6.07, 6.45) is 1.52. The van der Waals surface area contributed by atoms with Gasteiger partial charge in [-0.25, -0.2) is 4.79 Å². The highest BCUT2D eigenvalue weighted by molar-refractivity contribution is 7.13. The van der Waals surface area contributed by atoms with E-state index in [0.29, 0.717) is 29.5 Å². The van der Waals surface area contributed by atoms with E-state index >= 15 is 0 Å². The fraction of sp³-hybridized carbons (Fsp3) is 0.333. The van der Waals surface area contributed by atoms with E-state index in [0.717, 1.165) is 30.8 Å². The van der Waals surface area contributed by atoms with Gasteiger partial charge >= 0.3 is 5.97 Å². The number of hydrogen-bond donors (Lipinski definition) is 1. The number of amides is 1. The number of carbonyl (C=O) groups excluding carboxylic acids is 2. The van der Waals surface area contributed by atoms with Crippen LogP contribution in [0.15, 0.2) is 46.3 Å². The summed E-state index contributed by atoms with van der Waals surface area (Å²) in [6.45, 7) is 2.16. The highest BCUT2D eigenvalue weighted by Gasteiger charge is 2.26. The van der Waals surface area contributed by atoms with Crippen molar-refractivity contribution in [1.29, 1.82) is 0 Å². The number of nitrogens with zero attached hydrogens (tertiary/aromatic N) is 3. The molecule has 4 rings (SSSR count). The second-order valence-corrected chi connectivity index (χ2v) is 8.05. The minimum atomic E-state index is -0.399. The highest BCUT2D eigenvalue weighted by Crippen LogP contribution is 2.24. The molecule has 30 heavy (non-hydrogen) atoms. The zero-order valence-electron chi connectivity index (χ0n) is 16.5. The Hall–Kier alpha value is -3.04. The summed E-state index contributed by atoms with van der Waals surface area (Å²) >= 11 is 1.58. The standard InChI is InChI=1S/C21H22N4O4S/c1-28-21(27)15-4-6-16(7-5-15)22-20(26)14-8-10-25(11-9-14)13-18-23-19(24-29-18)17-3-2-12-30-17/h2-7,12,14H,8-11,13H2,1H3,(H,22,26). The molecule has 1 fully saturated rings. The molecule has 9 heteroatoms. The fourth-order valence-electron chi connectivity index (χ4n) is 3.42. The van der Waals surface area contributed by atoms with E-state index in [2.05, 4.69) is 25.1 Å². The van der Waals surface area contributed by atoms with E-state index in [4.69, 9.17) is 4.52 Å². The first-order valence-corrected chi connectivity index (χ1v) is 10.6. The third kappa shape index (κ3) is 4.74. The van der Waals surface area contributed by atoms with Crippen LogP contribution < -0.4 is 5.32 Å². The topological polar surface area (TPSA) is 97.6 Å². The molecule has 0 saturated carbocycles. The van der Waals surface area contributed by atoms with Gasteiger partial charge in [0.15, 0.2) is 0 Å². The average Bonchev–Trinajstić information content (AvgIpc) is 3.46. The molecular weight excluding hydrogens is 404 g/mol. The van der Waals surface area contributed by atoms with Gasteiger partial charge in [0.2, 0.25) is 17.6 Å². The first-order valence-electron chi connectivity index (χ1n) is 9.70. The third-order valence-corrected chi connectivity index (χ3v) is 5.97. The van der Waals surface area contributed by atoms with Crippen LogP contribution in [-0.2, 0) is 16.1 Å². The molecule has 1 saturated heterocycles. The van der Waals surface area contributed by atoms with Crippen molar-refractivity contribution in [3.8, 4) is 10.7 Å². The molecule has 0 unspecified atom stereocenters. The van der Waals surface area contributed by atoms with Gasteiger partial charge in [-0.05, 0) is 61.6 Å². The third-order valence-electron chi connectivity index (χ3n) is 5.10. The lowest BCUT2D eigenvalue weighted by Crippen LogP contribution is -2.37. The number of anilines is 1. The molecule has 1 aliphatic heterocycles. The first-order chi connectivity index (χ1) is 14.6. The van der Waals surface area contributed by atoms with Gasteiger partial charge in [-0.2, -0.15) is 4.98 Å². The van der Waals surface area contributed by atoms with E-state index in [9.17, 15) is 9.59 Å². The minimum absolute atomic E-state index is 0.00163. The van der Waals surface area contributed by atoms with Gasteiger partial charge in [0.05, 0.1) is 24.1 Å². The predicted octanol–water partition coefficient (Wildman–Crippen LogP) is 3.44. The number of rotatable bonds is 6. The van der Waals surface area contributed by atoms with Crippen LogP contribution in [0, 0.1) is 5.92 Å². The van der Waals surface area contributed by atoms with E-state index < -0.39 is 5.97 Å². The predicted molar refractivity (Wildman–Crippen MR) is 112 cm³/mol. The Bertz CT molecular complexity index is 992. The average molecular weight is 426 g/mol. The quantitative estimate of drug-likeness (QED) is 0.603. The number of carbonyl (C=O) groups is 2. The van der Waals surface area contributed by atoms with Crippen molar-refractivity contribution in [2.24, 2.45) is 5.92 Å². The summed E-state index contributed by atoms with van der Waals surface area (Å²) in [5, 5.41) is 8.95. The smallest absolute Gasteiger partial charge is 0.337 e. The van der Waals surface area contributed by atoms with Crippen molar-refractivity contribution in [3.05, 3.63) is 53.2 Å². The maximum atomic E-state index is 12.6. The SMILES string of the molecule is COC(=O)c1ccc(NC(=O)C2CCN(Cc3nc(-c4cccs4)no3)CC2)cc1. The van der Waals surface area contributed by atoms with Crippen LogP contribution in [0.5, 0.6) is 0 Å². The summed E-state index contributed by atoms with van der Waals surface area (Å²) in [5.41, 5.74) is 1.12. The number of aromatic nitrogens is 2. The maximum absolute atomic E-state index is 12.6. The molecule has 3 heterocycles. The Labute approximate surface area is 177 Å². The Morgan fingerprint density at radius 2 is 2.00 bits per heavy atom. The lowest BCUT2D eigenvalue weighted by Gasteiger charge is -2.30. The van der Waals surface area contributed by atoms with Crippen LogP contribution in [0.3, 0.4) is 0 Å². The van der Waals surface area contributed by atoms with Crippen molar-refractivity contribution >= 4 is 28.9 Å². The molecule has 2 aromatic heterocycles. The highest BCUT2D eigenvalue weighted by atomic mass is 32.1. The van der Waals surface area contributed by atoms with Crippen LogP contribution in [0.2, 0.25) is 0 Å². The van der Waals surface area contributed by atoms with Gasteiger partial charge in [-0.15, -0.1) is 11.3 Å². The second kappa shape index (κ2) is 9.19. The van der Waals surface area contributed by atoms with Crippen molar-refractivity contribution < 1.29 is 18.8 Å². The number of hydrogen-bond acceptors (Lipinski definition) is 8. The molecule has 0 bridgehead atoms. The lowest BCUT2D eigenvalue weighted by atomic mass is 9.96. The van der Waals surface area contributed by atoms with Gasteiger partial charge in [-0.1, -0.05) is 11.2 Å². The molecule has 0 spiro atoms. The van der Waals surface area contributed by atoms with Gasteiger partial charge in [-0.3, -0.25) is 9.69 Å². The first kappa shape index (κ1) is 20.2. The fourth-order valence-corrected chi connectivity index (χ4v) is 4.07. The van der Waals surface area contributed by atoms with Crippen molar-refractivity contribution in [3.63, 3.8) is 0 Å². The summed E-state index contributed by atoms with van der Waals surface area (Å²) in [5.74, 6) is 0.757. The Morgan fingerprint density at radius 1 is 1.23 bits per heavy atom. The molecule has 1 aliphatic rings. The van der Waals surface area contributed by atoms with E-state index in [1.165, 1.54) is 7.11 Å². The van der Waals surface area contributed by atoms with Gasteiger partial charge in [0.25, 0.3) is 0 Å².